The number of anilines is 2. The van der Waals surface area contributed by atoms with Crippen molar-refractivity contribution >= 4 is 29.0 Å². The highest BCUT2D eigenvalue weighted by atomic mass is 19.2. The third-order valence-corrected chi connectivity index (χ3v) is 4.29. The molecule has 2 amide bonds. The first-order chi connectivity index (χ1) is 12.8. The van der Waals surface area contributed by atoms with Gasteiger partial charge in [0.25, 0.3) is 0 Å². The molecule has 1 aliphatic carbocycles. The van der Waals surface area contributed by atoms with Gasteiger partial charge < -0.3 is 10.6 Å². The van der Waals surface area contributed by atoms with Crippen molar-refractivity contribution in [2.24, 2.45) is 11.8 Å². The van der Waals surface area contributed by atoms with Crippen LogP contribution in [0.25, 0.3) is 0 Å². The van der Waals surface area contributed by atoms with E-state index in [4.69, 9.17) is 0 Å². The molecule has 0 saturated heterocycles. The second kappa shape index (κ2) is 7.22. The number of Topliss-reactive ketones (excluding diaryl/α,β-unsaturated/α-hetero) is 1. The van der Waals surface area contributed by atoms with E-state index < -0.39 is 46.8 Å². The van der Waals surface area contributed by atoms with Crippen LogP contribution in [0.3, 0.4) is 0 Å². The van der Waals surface area contributed by atoms with E-state index in [1.165, 1.54) is 13.0 Å². The number of hydrogen-bond donors (Lipinski definition) is 2. The highest BCUT2D eigenvalue weighted by molar-refractivity contribution is 6.04. The minimum atomic E-state index is -1.68. The van der Waals surface area contributed by atoms with Crippen LogP contribution in [0.4, 0.5) is 24.5 Å². The third kappa shape index (κ3) is 3.99. The fourth-order valence-electron chi connectivity index (χ4n) is 2.67. The van der Waals surface area contributed by atoms with Gasteiger partial charge in [-0.05, 0) is 37.6 Å². The van der Waals surface area contributed by atoms with Crippen LogP contribution in [0.2, 0.25) is 0 Å². The average Bonchev–Trinajstić information content (AvgIpc) is 3.43. The summed E-state index contributed by atoms with van der Waals surface area (Å²) in [6, 6.07) is 7.98. The van der Waals surface area contributed by atoms with Crippen LogP contribution in [-0.2, 0) is 9.59 Å². The third-order valence-electron chi connectivity index (χ3n) is 4.29. The number of carbonyl (C=O) groups excluding carboxylic acids is 3. The van der Waals surface area contributed by atoms with Crippen molar-refractivity contribution in [3.8, 4) is 0 Å². The summed E-state index contributed by atoms with van der Waals surface area (Å²) in [5.74, 6) is -7.08. The maximum Gasteiger partial charge on any atom is 0.228 e. The predicted octanol–water partition coefficient (Wildman–Crippen LogP) is 3.52. The quantitative estimate of drug-likeness (QED) is 0.619. The Kier molecular flexibility index (Phi) is 4.98. The van der Waals surface area contributed by atoms with E-state index >= 15 is 0 Å². The maximum atomic E-state index is 13.6. The summed E-state index contributed by atoms with van der Waals surface area (Å²) >= 11 is 0. The lowest BCUT2D eigenvalue weighted by molar-refractivity contribution is -0.122. The second-order valence-electron chi connectivity index (χ2n) is 6.29. The summed E-state index contributed by atoms with van der Waals surface area (Å²) in [5, 5.41) is 4.79. The SMILES string of the molecule is CC(=O)c1cccc(NC(=O)C2CC2C(=O)Nc2ccc(F)c(F)c2F)c1. The largest absolute Gasteiger partial charge is 0.326 e. The smallest absolute Gasteiger partial charge is 0.228 e. The number of benzene rings is 2. The van der Waals surface area contributed by atoms with Gasteiger partial charge >= 0.3 is 0 Å². The molecular weight excluding hydrogens is 361 g/mol. The van der Waals surface area contributed by atoms with E-state index in [0.29, 0.717) is 17.3 Å². The van der Waals surface area contributed by atoms with Crippen molar-refractivity contribution in [1.82, 2.24) is 0 Å². The highest BCUT2D eigenvalue weighted by Crippen LogP contribution is 2.40. The van der Waals surface area contributed by atoms with Crippen molar-refractivity contribution in [1.29, 1.82) is 0 Å². The minimum absolute atomic E-state index is 0.150. The molecule has 27 heavy (non-hydrogen) atoms. The van der Waals surface area contributed by atoms with Crippen LogP contribution in [0.1, 0.15) is 23.7 Å². The van der Waals surface area contributed by atoms with E-state index in [1.807, 2.05) is 0 Å². The van der Waals surface area contributed by atoms with E-state index in [2.05, 4.69) is 10.6 Å². The number of carbonyl (C=O) groups is 3. The lowest BCUT2D eigenvalue weighted by Gasteiger charge is -2.08. The number of halogens is 3. The fourth-order valence-corrected chi connectivity index (χ4v) is 2.67. The molecule has 1 fully saturated rings. The van der Waals surface area contributed by atoms with Gasteiger partial charge in [0.05, 0.1) is 17.5 Å². The molecule has 1 saturated carbocycles. The standard InChI is InChI=1S/C19H15F3N2O3/c1-9(25)10-3-2-4-11(7-10)23-18(26)12-8-13(12)19(27)24-15-6-5-14(20)16(21)17(15)22/h2-7,12-13H,8H2,1H3,(H,23,26)(H,24,27). The van der Waals surface area contributed by atoms with E-state index in [-0.39, 0.29) is 12.2 Å². The maximum absolute atomic E-state index is 13.6. The minimum Gasteiger partial charge on any atom is -0.326 e. The lowest BCUT2D eigenvalue weighted by Crippen LogP contribution is -2.21. The van der Waals surface area contributed by atoms with Crippen LogP contribution in [0.15, 0.2) is 36.4 Å². The molecular formula is C19H15F3N2O3. The van der Waals surface area contributed by atoms with Crippen LogP contribution >= 0.6 is 0 Å². The molecule has 0 aliphatic heterocycles. The summed E-state index contributed by atoms with van der Waals surface area (Å²) < 4.78 is 39.7. The Morgan fingerprint density at radius 1 is 0.926 bits per heavy atom. The van der Waals surface area contributed by atoms with Crippen molar-refractivity contribution in [2.45, 2.75) is 13.3 Å². The first kappa shape index (κ1) is 18.6. The number of amides is 2. The Hall–Kier alpha value is -3.16. The van der Waals surface area contributed by atoms with Crippen molar-refractivity contribution in [2.75, 3.05) is 10.6 Å². The van der Waals surface area contributed by atoms with Gasteiger partial charge in [0, 0.05) is 11.3 Å². The Labute approximate surface area is 152 Å². The summed E-state index contributed by atoms with van der Waals surface area (Å²) in [7, 11) is 0. The summed E-state index contributed by atoms with van der Waals surface area (Å²) in [6.45, 7) is 1.40. The zero-order chi connectivity index (χ0) is 19.7. The van der Waals surface area contributed by atoms with Gasteiger partial charge in [-0.15, -0.1) is 0 Å². The molecule has 0 heterocycles. The molecule has 8 heteroatoms. The molecule has 0 radical (unpaired) electrons. The van der Waals surface area contributed by atoms with Gasteiger partial charge in [0.1, 0.15) is 0 Å². The second-order valence-corrected chi connectivity index (χ2v) is 6.29. The van der Waals surface area contributed by atoms with Crippen molar-refractivity contribution in [3.63, 3.8) is 0 Å². The van der Waals surface area contributed by atoms with Gasteiger partial charge in [-0.3, -0.25) is 14.4 Å². The molecule has 2 atom stereocenters. The number of rotatable bonds is 5. The molecule has 2 aromatic rings. The molecule has 140 valence electrons. The zero-order valence-corrected chi connectivity index (χ0v) is 14.2. The molecule has 1 aliphatic rings. The molecule has 2 unspecified atom stereocenters. The zero-order valence-electron chi connectivity index (χ0n) is 14.2. The van der Waals surface area contributed by atoms with Crippen LogP contribution in [-0.4, -0.2) is 17.6 Å². The number of hydrogen-bond acceptors (Lipinski definition) is 3. The van der Waals surface area contributed by atoms with Gasteiger partial charge in [-0.1, -0.05) is 12.1 Å². The summed E-state index contributed by atoms with van der Waals surface area (Å²) in [6.07, 6.45) is 0.245. The van der Waals surface area contributed by atoms with Gasteiger partial charge in [-0.25, -0.2) is 13.2 Å². The highest BCUT2D eigenvalue weighted by Gasteiger charge is 2.48. The first-order valence-electron chi connectivity index (χ1n) is 8.14. The topological polar surface area (TPSA) is 75.3 Å². The summed E-state index contributed by atoms with van der Waals surface area (Å²) in [4.78, 5) is 35.7. The van der Waals surface area contributed by atoms with Crippen LogP contribution in [0, 0.1) is 29.3 Å². The molecule has 0 spiro atoms. The molecule has 5 nitrogen and oxygen atoms in total. The van der Waals surface area contributed by atoms with Gasteiger partial charge in [0.15, 0.2) is 23.2 Å². The Morgan fingerprint density at radius 3 is 2.26 bits per heavy atom. The van der Waals surface area contributed by atoms with E-state index in [1.54, 1.807) is 18.2 Å². The Bertz CT molecular complexity index is 946. The Balaban J connectivity index is 1.61. The van der Waals surface area contributed by atoms with Crippen molar-refractivity contribution < 1.29 is 27.6 Å². The van der Waals surface area contributed by atoms with Crippen LogP contribution in [0.5, 0.6) is 0 Å². The van der Waals surface area contributed by atoms with Gasteiger partial charge in [0.2, 0.25) is 11.8 Å². The van der Waals surface area contributed by atoms with Gasteiger partial charge in [-0.2, -0.15) is 0 Å². The van der Waals surface area contributed by atoms with E-state index in [9.17, 15) is 27.6 Å². The molecule has 3 rings (SSSR count). The number of nitrogens with one attached hydrogen (secondary N) is 2. The average molecular weight is 376 g/mol. The molecule has 2 N–H and O–H groups in total. The molecule has 0 aromatic heterocycles. The Morgan fingerprint density at radius 2 is 1.59 bits per heavy atom. The molecule has 0 bridgehead atoms. The first-order valence-corrected chi connectivity index (χ1v) is 8.14. The van der Waals surface area contributed by atoms with Crippen LogP contribution < -0.4 is 10.6 Å². The summed E-state index contributed by atoms with van der Waals surface area (Å²) in [5.41, 5.74) is 0.372. The molecule has 2 aromatic carbocycles. The predicted molar refractivity (Wildman–Crippen MR) is 91.6 cm³/mol. The van der Waals surface area contributed by atoms with Crippen molar-refractivity contribution in [3.05, 3.63) is 59.4 Å². The normalized spacial score (nSPS) is 17.9. The van der Waals surface area contributed by atoms with E-state index in [0.717, 1.165) is 6.07 Å². The lowest BCUT2D eigenvalue weighted by atomic mass is 10.1. The monoisotopic (exact) mass is 376 g/mol. The fraction of sp³-hybridized carbons (Fsp3) is 0.211. The number of ketones is 1.